The first kappa shape index (κ1) is 11.9. The molecule has 2 saturated heterocycles. The summed E-state index contributed by atoms with van der Waals surface area (Å²) in [5, 5.41) is 20.9. The van der Waals surface area contributed by atoms with Crippen LogP contribution in [0.1, 0.15) is 51.9 Å². The molecule has 3 aliphatic rings. The summed E-state index contributed by atoms with van der Waals surface area (Å²) < 4.78 is 5.90. The maximum atomic E-state index is 11.0. The highest BCUT2D eigenvalue weighted by Gasteiger charge is 2.62. The minimum Gasteiger partial charge on any atom is -0.396 e. The second kappa shape index (κ2) is 3.94. The van der Waals surface area contributed by atoms with Gasteiger partial charge in [0.25, 0.3) is 0 Å². The zero-order valence-electron chi connectivity index (χ0n) is 10.7. The second-order valence-electron chi connectivity index (χ2n) is 6.56. The van der Waals surface area contributed by atoms with Gasteiger partial charge in [0.15, 0.2) is 0 Å². The molecule has 3 heteroatoms. The highest BCUT2D eigenvalue weighted by Crippen LogP contribution is 2.57. The first-order valence-corrected chi connectivity index (χ1v) is 7.08. The molecule has 3 fully saturated rings. The standard InChI is InChI=1S/C14H24O3/c1-10-4-6-14(16,7-5-10)13(9-15)8-11-2-3-12(13)17-11/h10-12,15-16H,2-9H2,1H3. The van der Waals surface area contributed by atoms with Crippen molar-refractivity contribution < 1.29 is 14.9 Å². The minimum absolute atomic E-state index is 0.0824. The molecular formula is C14H24O3. The Balaban J connectivity index is 1.85. The molecule has 3 atom stereocenters. The largest absolute Gasteiger partial charge is 0.396 e. The van der Waals surface area contributed by atoms with Crippen LogP contribution in [0.5, 0.6) is 0 Å². The summed E-state index contributed by atoms with van der Waals surface area (Å²) >= 11 is 0. The molecule has 2 heterocycles. The zero-order chi connectivity index (χ0) is 12.1. The topological polar surface area (TPSA) is 49.7 Å². The normalized spacial score (nSPS) is 54.2. The summed E-state index contributed by atoms with van der Waals surface area (Å²) in [5.74, 6) is 0.713. The Kier molecular flexibility index (Phi) is 2.77. The van der Waals surface area contributed by atoms with Crippen molar-refractivity contribution in [3.05, 3.63) is 0 Å². The van der Waals surface area contributed by atoms with E-state index >= 15 is 0 Å². The van der Waals surface area contributed by atoms with Crippen LogP contribution in [-0.4, -0.2) is 34.6 Å². The average Bonchev–Trinajstić information content (AvgIpc) is 2.93. The van der Waals surface area contributed by atoms with Crippen molar-refractivity contribution in [3.8, 4) is 0 Å². The predicted octanol–water partition coefficient (Wildman–Crippen LogP) is 1.86. The van der Waals surface area contributed by atoms with E-state index < -0.39 is 5.60 Å². The van der Waals surface area contributed by atoms with Gasteiger partial charge in [-0.05, 0) is 50.9 Å². The fourth-order valence-electron chi connectivity index (χ4n) is 4.34. The predicted molar refractivity (Wildman–Crippen MR) is 64.6 cm³/mol. The molecule has 0 aromatic carbocycles. The monoisotopic (exact) mass is 240 g/mol. The Bertz CT molecular complexity index is 296. The molecule has 1 saturated carbocycles. The number of hydrogen-bond donors (Lipinski definition) is 2. The van der Waals surface area contributed by atoms with Gasteiger partial charge >= 0.3 is 0 Å². The number of fused-ring (bicyclic) bond motifs is 2. The molecule has 0 aromatic heterocycles. The van der Waals surface area contributed by atoms with Gasteiger partial charge in [0.1, 0.15) is 0 Å². The second-order valence-corrected chi connectivity index (χ2v) is 6.56. The van der Waals surface area contributed by atoms with E-state index in [2.05, 4.69) is 6.92 Å². The van der Waals surface area contributed by atoms with Crippen molar-refractivity contribution in [2.45, 2.75) is 69.7 Å². The van der Waals surface area contributed by atoms with Crippen LogP contribution in [0.15, 0.2) is 0 Å². The summed E-state index contributed by atoms with van der Waals surface area (Å²) in [6.07, 6.45) is 7.20. The summed E-state index contributed by atoms with van der Waals surface area (Å²) in [7, 11) is 0. The van der Waals surface area contributed by atoms with Crippen LogP contribution in [0.2, 0.25) is 0 Å². The molecule has 2 aliphatic heterocycles. The van der Waals surface area contributed by atoms with Crippen molar-refractivity contribution in [1.82, 2.24) is 0 Å². The lowest BCUT2D eigenvalue weighted by molar-refractivity contribution is -0.159. The fourth-order valence-corrected chi connectivity index (χ4v) is 4.34. The molecule has 0 radical (unpaired) electrons. The molecular weight excluding hydrogens is 216 g/mol. The van der Waals surface area contributed by atoms with Crippen molar-refractivity contribution in [2.75, 3.05) is 6.61 Å². The van der Waals surface area contributed by atoms with Crippen LogP contribution in [0.25, 0.3) is 0 Å². The van der Waals surface area contributed by atoms with Gasteiger partial charge < -0.3 is 14.9 Å². The number of rotatable bonds is 2. The third-order valence-corrected chi connectivity index (χ3v) is 5.63. The van der Waals surface area contributed by atoms with Gasteiger partial charge in [-0.15, -0.1) is 0 Å². The third kappa shape index (κ3) is 1.59. The average molecular weight is 240 g/mol. The summed E-state index contributed by atoms with van der Waals surface area (Å²) in [6, 6.07) is 0. The number of aliphatic hydroxyl groups excluding tert-OH is 1. The van der Waals surface area contributed by atoms with E-state index in [9.17, 15) is 10.2 Å². The van der Waals surface area contributed by atoms with E-state index in [1.165, 1.54) is 0 Å². The van der Waals surface area contributed by atoms with Crippen LogP contribution >= 0.6 is 0 Å². The van der Waals surface area contributed by atoms with E-state index in [1.54, 1.807) is 0 Å². The van der Waals surface area contributed by atoms with E-state index in [-0.39, 0.29) is 24.2 Å². The van der Waals surface area contributed by atoms with Gasteiger partial charge in [0, 0.05) is 0 Å². The van der Waals surface area contributed by atoms with Gasteiger partial charge in [-0.25, -0.2) is 0 Å². The lowest BCUT2D eigenvalue weighted by atomic mass is 9.58. The quantitative estimate of drug-likeness (QED) is 0.774. The Morgan fingerprint density at radius 3 is 2.35 bits per heavy atom. The van der Waals surface area contributed by atoms with Gasteiger partial charge in [-0.3, -0.25) is 0 Å². The molecule has 3 nitrogen and oxygen atoms in total. The number of ether oxygens (including phenoxy) is 1. The lowest BCUT2D eigenvalue weighted by Gasteiger charge is -2.50. The Morgan fingerprint density at radius 2 is 1.88 bits per heavy atom. The minimum atomic E-state index is -0.686. The van der Waals surface area contributed by atoms with E-state index in [0.717, 1.165) is 44.9 Å². The fraction of sp³-hybridized carbons (Fsp3) is 1.00. The van der Waals surface area contributed by atoms with Gasteiger partial charge in [0.2, 0.25) is 0 Å². The van der Waals surface area contributed by atoms with E-state index in [0.29, 0.717) is 5.92 Å². The van der Waals surface area contributed by atoms with Crippen molar-refractivity contribution in [3.63, 3.8) is 0 Å². The third-order valence-electron chi connectivity index (χ3n) is 5.63. The van der Waals surface area contributed by atoms with E-state index in [1.807, 2.05) is 0 Å². The summed E-state index contributed by atoms with van der Waals surface area (Å²) in [5.41, 5.74) is -1.05. The van der Waals surface area contributed by atoms with Crippen LogP contribution in [0.3, 0.4) is 0 Å². The van der Waals surface area contributed by atoms with Crippen molar-refractivity contribution >= 4 is 0 Å². The summed E-state index contributed by atoms with van der Waals surface area (Å²) in [4.78, 5) is 0. The zero-order valence-corrected chi connectivity index (χ0v) is 10.7. The first-order chi connectivity index (χ1) is 8.10. The highest BCUT2D eigenvalue weighted by atomic mass is 16.5. The molecule has 17 heavy (non-hydrogen) atoms. The van der Waals surface area contributed by atoms with Crippen LogP contribution in [-0.2, 0) is 4.74 Å². The molecule has 0 spiro atoms. The molecule has 3 rings (SSSR count). The van der Waals surface area contributed by atoms with Gasteiger partial charge in [0.05, 0.1) is 29.8 Å². The van der Waals surface area contributed by atoms with Crippen molar-refractivity contribution in [1.29, 1.82) is 0 Å². The van der Waals surface area contributed by atoms with Crippen LogP contribution < -0.4 is 0 Å². The van der Waals surface area contributed by atoms with Crippen LogP contribution in [0, 0.1) is 11.3 Å². The highest BCUT2D eigenvalue weighted by molar-refractivity contribution is 5.11. The smallest absolute Gasteiger partial charge is 0.0751 e. The molecule has 0 amide bonds. The molecule has 3 unspecified atom stereocenters. The molecule has 1 aliphatic carbocycles. The van der Waals surface area contributed by atoms with Crippen LogP contribution in [0.4, 0.5) is 0 Å². The van der Waals surface area contributed by atoms with Gasteiger partial charge in [-0.1, -0.05) is 6.92 Å². The summed E-state index contributed by atoms with van der Waals surface area (Å²) in [6.45, 7) is 2.33. The maximum absolute atomic E-state index is 11.0. The molecule has 2 bridgehead atoms. The Labute approximate surface area is 103 Å². The number of aliphatic hydroxyl groups is 2. The van der Waals surface area contributed by atoms with Crippen molar-refractivity contribution in [2.24, 2.45) is 11.3 Å². The SMILES string of the molecule is CC1CCC(O)(C2(CO)CC3CCC2O3)CC1. The molecule has 2 N–H and O–H groups in total. The first-order valence-electron chi connectivity index (χ1n) is 7.08. The Morgan fingerprint density at radius 1 is 1.18 bits per heavy atom. The van der Waals surface area contributed by atoms with Gasteiger partial charge in [-0.2, -0.15) is 0 Å². The molecule has 98 valence electrons. The lowest BCUT2D eigenvalue weighted by Crippen LogP contribution is -2.57. The van der Waals surface area contributed by atoms with E-state index in [4.69, 9.17) is 4.74 Å². The number of hydrogen-bond acceptors (Lipinski definition) is 3. The Hall–Kier alpha value is -0.120. The maximum Gasteiger partial charge on any atom is 0.0751 e. The molecule has 0 aromatic rings.